The molecule has 3 heterocycles. The highest BCUT2D eigenvalue weighted by atomic mass is 16.5. The number of amides is 1. The SMILES string of the molecule is COC(=O)c1[nH]c(C)c(/C(O)=C2\C(=O)C(=O)N(CCCN3CCOCC3)[C@@H]2c2ccc(OC)c(OC)c2)c1C. The number of hydrogen-bond donors (Lipinski definition) is 2. The Balaban J connectivity index is 1.79. The number of carbonyl (C=O) groups excluding carboxylic acids is 3. The first-order chi connectivity index (χ1) is 18.7. The molecule has 0 spiro atoms. The fourth-order valence-electron chi connectivity index (χ4n) is 5.32. The molecule has 2 aliphatic rings. The summed E-state index contributed by atoms with van der Waals surface area (Å²) < 4.78 is 21.1. The molecule has 39 heavy (non-hydrogen) atoms. The number of Topliss-reactive ketones (excluding diaryl/α,β-unsaturated/α-hetero) is 1. The van der Waals surface area contributed by atoms with Crippen LogP contribution in [-0.4, -0.2) is 98.3 Å². The van der Waals surface area contributed by atoms with Gasteiger partial charge < -0.3 is 33.9 Å². The van der Waals surface area contributed by atoms with Gasteiger partial charge in [-0.2, -0.15) is 0 Å². The van der Waals surface area contributed by atoms with Gasteiger partial charge in [-0.3, -0.25) is 14.5 Å². The van der Waals surface area contributed by atoms with Gasteiger partial charge >= 0.3 is 5.97 Å². The highest BCUT2D eigenvalue weighted by Crippen LogP contribution is 2.43. The average Bonchev–Trinajstić information content (AvgIpc) is 3.39. The third kappa shape index (κ3) is 5.37. The van der Waals surface area contributed by atoms with Crippen LogP contribution >= 0.6 is 0 Å². The number of likely N-dealkylation sites (tertiary alicyclic amines) is 1. The molecule has 1 aromatic heterocycles. The first kappa shape index (κ1) is 28.2. The number of benzene rings is 1. The van der Waals surface area contributed by atoms with Gasteiger partial charge in [0.25, 0.3) is 11.7 Å². The van der Waals surface area contributed by atoms with Crippen LogP contribution in [0.15, 0.2) is 23.8 Å². The number of nitrogens with one attached hydrogen (secondary N) is 1. The predicted molar refractivity (Wildman–Crippen MR) is 142 cm³/mol. The van der Waals surface area contributed by atoms with Crippen LogP contribution < -0.4 is 9.47 Å². The number of aromatic amines is 1. The number of morpholine rings is 1. The molecule has 0 aliphatic carbocycles. The van der Waals surface area contributed by atoms with E-state index >= 15 is 0 Å². The lowest BCUT2D eigenvalue weighted by molar-refractivity contribution is -0.140. The van der Waals surface area contributed by atoms with E-state index in [1.165, 1.54) is 26.2 Å². The third-order valence-electron chi connectivity index (χ3n) is 7.30. The lowest BCUT2D eigenvalue weighted by atomic mass is 9.93. The molecule has 0 bridgehead atoms. The van der Waals surface area contributed by atoms with Crippen LogP contribution in [0.5, 0.6) is 11.5 Å². The van der Waals surface area contributed by atoms with Crippen molar-refractivity contribution in [1.82, 2.24) is 14.8 Å². The topological polar surface area (TPSA) is 131 Å². The lowest BCUT2D eigenvalue weighted by Gasteiger charge is -2.29. The third-order valence-corrected chi connectivity index (χ3v) is 7.30. The van der Waals surface area contributed by atoms with E-state index in [1.54, 1.807) is 32.0 Å². The first-order valence-electron chi connectivity index (χ1n) is 12.8. The second kappa shape index (κ2) is 11.9. The Morgan fingerprint density at radius 3 is 2.41 bits per heavy atom. The largest absolute Gasteiger partial charge is 0.507 e. The van der Waals surface area contributed by atoms with E-state index < -0.39 is 23.7 Å². The van der Waals surface area contributed by atoms with Crippen LogP contribution in [0.3, 0.4) is 0 Å². The number of H-pyrrole nitrogens is 1. The fraction of sp³-hybridized carbons (Fsp3) is 0.464. The summed E-state index contributed by atoms with van der Waals surface area (Å²) in [4.78, 5) is 45.8. The van der Waals surface area contributed by atoms with Crippen molar-refractivity contribution in [3.05, 3.63) is 51.9 Å². The van der Waals surface area contributed by atoms with Crippen LogP contribution in [-0.2, 0) is 19.1 Å². The number of esters is 1. The molecule has 1 amide bonds. The van der Waals surface area contributed by atoms with E-state index in [2.05, 4.69) is 9.88 Å². The first-order valence-corrected chi connectivity index (χ1v) is 12.8. The van der Waals surface area contributed by atoms with Gasteiger partial charge in [0.15, 0.2) is 11.5 Å². The van der Waals surface area contributed by atoms with Crippen LogP contribution in [0.2, 0.25) is 0 Å². The highest BCUT2D eigenvalue weighted by molar-refractivity contribution is 6.46. The number of methoxy groups -OCH3 is 3. The standard InChI is InChI=1S/C28H35N3O8/c1-16-21(17(2)29-23(16)28(35)38-5)25(32)22-24(18-7-8-19(36-3)20(15-18)37-4)31(27(34)26(22)33)10-6-9-30-11-13-39-14-12-30/h7-8,15,24,29,32H,6,9-14H2,1-5H3/b25-22+/t24-/m1/s1. The molecule has 0 saturated carbocycles. The molecular formula is C28H35N3O8. The maximum Gasteiger partial charge on any atom is 0.354 e. The van der Waals surface area contributed by atoms with Crippen molar-refractivity contribution in [3.63, 3.8) is 0 Å². The zero-order valence-electron chi connectivity index (χ0n) is 23.0. The Bertz CT molecular complexity index is 1290. The second-order valence-electron chi connectivity index (χ2n) is 9.53. The Kier molecular flexibility index (Phi) is 8.61. The van der Waals surface area contributed by atoms with Gasteiger partial charge in [0, 0.05) is 37.4 Å². The summed E-state index contributed by atoms with van der Waals surface area (Å²) in [5, 5.41) is 11.6. The number of aliphatic hydroxyl groups excluding tert-OH is 1. The van der Waals surface area contributed by atoms with Crippen molar-refractivity contribution in [2.45, 2.75) is 26.3 Å². The molecule has 2 aliphatic heterocycles. The van der Waals surface area contributed by atoms with Crippen LogP contribution in [0.4, 0.5) is 0 Å². The van der Waals surface area contributed by atoms with E-state index in [9.17, 15) is 19.5 Å². The zero-order valence-corrected chi connectivity index (χ0v) is 23.0. The van der Waals surface area contributed by atoms with Gasteiger partial charge in [0.2, 0.25) is 0 Å². The Morgan fingerprint density at radius 1 is 1.08 bits per heavy atom. The summed E-state index contributed by atoms with van der Waals surface area (Å²) >= 11 is 0. The highest BCUT2D eigenvalue weighted by Gasteiger charge is 2.46. The monoisotopic (exact) mass is 541 g/mol. The summed E-state index contributed by atoms with van der Waals surface area (Å²) in [6, 6.07) is 4.28. The minimum atomic E-state index is -0.871. The smallest absolute Gasteiger partial charge is 0.354 e. The van der Waals surface area contributed by atoms with E-state index in [4.69, 9.17) is 18.9 Å². The summed E-state index contributed by atoms with van der Waals surface area (Å²) in [6.45, 7) is 7.32. The zero-order chi connectivity index (χ0) is 28.3. The molecule has 2 saturated heterocycles. The maximum absolute atomic E-state index is 13.5. The number of nitrogens with zero attached hydrogens (tertiary/aromatic N) is 2. The van der Waals surface area contributed by atoms with Gasteiger partial charge in [-0.05, 0) is 43.5 Å². The Morgan fingerprint density at radius 2 is 1.77 bits per heavy atom. The van der Waals surface area contributed by atoms with Crippen LogP contribution in [0, 0.1) is 13.8 Å². The average molecular weight is 542 g/mol. The van der Waals surface area contributed by atoms with Crippen molar-refractivity contribution in [1.29, 1.82) is 0 Å². The Hall–Kier alpha value is -3.83. The van der Waals surface area contributed by atoms with E-state index in [0.717, 1.165) is 19.6 Å². The molecule has 2 aromatic rings. The van der Waals surface area contributed by atoms with Gasteiger partial charge in [-0.25, -0.2) is 4.79 Å². The number of ether oxygens (including phenoxy) is 4. The molecule has 2 fully saturated rings. The molecule has 0 unspecified atom stereocenters. The number of rotatable bonds is 9. The van der Waals surface area contributed by atoms with E-state index in [1.807, 2.05) is 0 Å². The van der Waals surface area contributed by atoms with E-state index in [-0.39, 0.29) is 22.6 Å². The van der Waals surface area contributed by atoms with Gasteiger partial charge in [-0.1, -0.05) is 6.07 Å². The van der Waals surface area contributed by atoms with Crippen molar-refractivity contribution < 1.29 is 38.4 Å². The van der Waals surface area contributed by atoms with Gasteiger partial charge in [0.05, 0.1) is 46.2 Å². The summed E-state index contributed by atoms with van der Waals surface area (Å²) in [5.41, 5.74) is 1.86. The summed E-state index contributed by atoms with van der Waals surface area (Å²) in [5.74, 6) is -1.53. The summed E-state index contributed by atoms with van der Waals surface area (Å²) in [7, 11) is 4.28. The Labute approximate surface area is 227 Å². The maximum atomic E-state index is 13.5. The van der Waals surface area contributed by atoms with E-state index in [0.29, 0.717) is 54.5 Å². The van der Waals surface area contributed by atoms with Crippen LogP contribution in [0.25, 0.3) is 5.76 Å². The van der Waals surface area contributed by atoms with Gasteiger partial charge in [-0.15, -0.1) is 0 Å². The number of aliphatic hydroxyl groups is 1. The van der Waals surface area contributed by atoms with Crippen molar-refractivity contribution in [2.75, 3.05) is 60.7 Å². The molecule has 210 valence electrons. The normalized spacial score (nSPS) is 19.4. The number of hydrogen-bond acceptors (Lipinski definition) is 9. The molecule has 0 radical (unpaired) electrons. The van der Waals surface area contributed by atoms with Crippen LogP contribution in [0.1, 0.15) is 45.3 Å². The molecule has 2 N–H and O–H groups in total. The second-order valence-corrected chi connectivity index (χ2v) is 9.53. The predicted octanol–water partition coefficient (Wildman–Crippen LogP) is 2.58. The molecule has 11 nitrogen and oxygen atoms in total. The lowest BCUT2D eigenvalue weighted by Crippen LogP contribution is -2.39. The van der Waals surface area contributed by atoms with Crippen molar-refractivity contribution >= 4 is 23.4 Å². The van der Waals surface area contributed by atoms with Crippen molar-refractivity contribution in [3.8, 4) is 11.5 Å². The summed E-state index contributed by atoms with van der Waals surface area (Å²) in [6.07, 6.45) is 0.631. The molecule has 11 heteroatoms. The number of aromatic nitrogens is 1. The molecule has 1 aromatic carbocycles. The van der Waals surface area contributed by atoms with Crippen molar-refractivity contribution in [2.24, 2.45) is 0 Å². The minimum absolute atomic E-state index is 0.0554. The molecular weight excluding hydrogens is 506 g/mol. The molecule has 1 atom stereocenters. The molecule has 4 rings (SSSR count). The minimum Gasteiger partial charge on any atom is -0.507 e. The quantitative estimate of drug-likeness (QED) is 0.213. The fourth-order valence-corrected chi connectivity index (χ4v) is 5.32. The van der Waals surface area contributed by atoms with Gasteiger partial charge in [0.1, 0.15) is 11.5 Å². The number of aryl methyl sites for hydroxylation is 1. The number of ketones is 1. The number of carbonyl (C=O) groups is 3.